The minimum absolute atomic E-state index is 0.131. The van der Waals surface area contributed by atoms with Crippen LogP contribution in [0.25, 0.3) is 0 Å². The van der Waals surface area contributed by atoms with Gasteiger partial charge in [0.1, 0.15) is 5.15 Å². The molecule has 2 rings (SSSR count). The van der Waals surface area contributed by atoms with Gasteiger partial charge in [-0.25, -0.2) is 4.98 Å². The van der Waals surface area contributed by atoms with Crippen molar-refractivity contribution in [1.82, 2.24) is 14.8 Å². The molecule has 0 saturated carbocycles. The highest BCUT2D eigenvalue weighted by Gasteiger charge is 2.24. The van der Waals surface area contributed by atoms with Crippen molar-refractivity contribution in [2.45, 2.75) is 19.8 Å². The molecule has 1 aromatic heterocycles. The van der Waals surface area contributed by atoms with Crippen LogP contribution in [0.4, 0.5) is 0 Å². The maximum Gasteiger partial charge on any atom is 0.257 e. The molecule has 0 atom stereocenters. The minimum atomic E-state index is -0.139. The van der Waals surface area contributed by atoms with E-state index in [0.29, 0.717) is 42.6 Å². The monoisotopic (exact) mass is 373 g/mol. The highest BCUT2D eigenvalue weighted by molar-refractivity contribution is 9.10. The average molecular weight is 375 g/mol. The predicted molar refractivity (Wildman–Crippen MR) is 84.3 cm³/mol. The lowest BCUT2D eigenvalue weighted by Gasteiger charge is -2.22. The number of rotatable bonds is 2. The van der Waals surface area contributed by atoms with Gasteiger partial charge in [-0.3, -0.25) is 9.59 Å². The van der Waals surface area contributed by atoms with Gasteiger partial charge in [-0.2, -0.15) is 0 Å². The molecule has 0 N–H and O–H groups in total. The Balaban J connectivity index is 2.10. The topological polar surface area (TPSA) is 53.5 Å². The zero-order chi connectivity index (χ0) is 15.4. The Hall–Kier alpha value is -1.14. The number of hydrogen-bond acceptors (Lipinski definition) is 3. The van der Waals surface area contributed by atoms with Crippen molar-refractivity contribution in [1.29, 1.82) is 0 Å². The molecule has 1 aliphatic heterocycles. The summed E-state index contributed by atoms with van der Waals surface area (Å²) in [6, 6.07) is 1.68. The van der Waals surface area contributed by atoms with E-state index in [4.69, 9.17) is 11.6 Å². The number of pyridine rings is 1. The minimum Gasteiger partial charge on any atom is -0.341 e. The van der Waals surface area contributed by atoms with Gasteiger partial charge in [0.2, 0.25) is 5.91 Å². The molecule has 1 aliphatic rings. The van der Waals surface area contributed by atoms with Gasteiger partial charge in [-0.1, -0.05) is 18.5 Å². The van der Waals surface area contributed by atoms with Gasteiger partial charge in [-0.05, 0) is 28.4 Å². The number of nitrogens with zero attached hydrogens (tertiary/aromatic N) is 3. The van der Waals surface area contributed by atoms with Crippen molar-refractivity contribution in [2.24, 2.45) is 0 Å². The Morgan fingerprint density at radius 3 is 2.67 bits per heavy atom. The fourth-order valence-electron chi connectivity index (χ4n) is 2.34. The van der Waals surface area contributed by atoms with Crippen LogP contribution in [0.3, 0.4) is 0 Å². The number of amides is 2. The molecule has 7 heteroatoms. The Morgan fingerprint density at radius 1 is 1.29 bits per heavy atom. The van der Waals surface area contributed by atoms with Gasteiger partial charge >= 0.3 is 0 Å². The van der Waals surface area contributed by atoms with Crippen molar-refractivity contribution in [2.75, 3.05) is 26.2 Å². The van der Waals surface area contributed by atoms with E-state index in [2.05, 4.69) is 20.9 Å². The lowest BCUT2D eigenvalue weighted by atomic mass is 10.2. The van der Waals surface area contributed by atoms with Crippen LogP contribution >= 0.6 is 27.5 Å². The van der Waals surface area contributed by atoms with Crippen LogP contribution in [0.15, 0.2) is 16.7 Å². The lowest BCUT2D eigenvalue weighted by Crippen LogP contribution is -2.37. The van der Waals surface area contributed by atoms with Crippen molar-refractivity contribution in [3.8, 4) is 0 Å². The number of halogens is 2. The first kappa shape index (κ1) is 16.2. The summed E-state index contributed by atoms with van der Waals surface area (Å²) >= 11 is 9.31. The van der Waals surface area contributed by atoms with E-state index in [0.717, 1.165) is 6.42 Å². The maximum absolute atomic E-state index is 12.5. The van der Waals surface area contributed by atoms with E-state index in [-0.39, 0.29) is 17.0 Å². The second-order valence-corrected chi connectivity index (χ2v) is 6.15. The van der Waals surface area contributed by atoms with Crippen LogP contribution in [-0.2, 0) is 4.79 Å². The van der Waals surface area contributed by atoms with E-state index in [1.165, 1.54) is 0 Å². The molecule has 21 heavy (non-hydrogen) atoms. The molecule has 0 aromatic carbocycles. The quantitative estimate of drug-likeness (QED) is 0.748. The van der Waals surface area contributed by atoms with Crippen LogP contribution in [0.5, 0.6) is 0 Å². The number of hydrogen-bond donors (Lipinski definition) is 0. The third kappa shape index (κ3) is 3.95. The molecule has 2 amide bonds. The maximum atomic E-state index is 12.5. The number of carbonyl (C=O) groups is 2. The molecular formula is C14H17BrClN3O2. The molecule has 1 saturated heterocycles. The van der Waals surface area contributed by atoms with E-state index in [1.807, 2.05) is 11.8 Å². The Labute approximate surface area is 137 Å². The lowest BCUT2D eigenvalue weighted by molar-refractivity contribution is -0.130. The summed E-state index contributed by atoms with van der Waals surface area (Å²) in [7, 11) is 0. The summed E-state index contributed by atoms with van der Waals surface area (Å²) in [5, 5.41) is 0.203. The molecule has 0 bridgehead atoms. The fourth-order valence-corrected chi connectivity index (χ4v) is 2.85. The highest BCUT2D eigenvalue weighted by Crippen LogP contribution is 2.20. The standard InChI is InChI=1S/C14H17BrClN3O2/c1-2-12(20)18-4-3-5-19(7-6-18)14(21)11-8-10(15)9-17-13(11)16/h8-9H,2-7H2,1H3. The normalized spacial score (nSPS) is 15.8. The summed E-state index contributed by atoms with van der Waals surface area (Å²) in [6.45, 7) is 4.25. The summed E-state index contributed by atoms with van der Waals surface area (Å²) in [4.78, 5) is 31.8. The first-order chi connectivity index (χ1) is 10.0. The van der Waals surface area contributed by atoms with E-state index >= 15 is 0 Å². The van der Waals surface area contributed by atoms with E-state index < -0.39 is 0 Å². The fraction of sp³-hybridized carbons (Fsp3) is 0.500. The molecule has 5 nitrogen and oxygen atoms in total. The Morgan fingerprint density at radius 2 is 1.95 bits per heavy atom. The van der Waals surface area contributed by atoms with Gasteiger partial charge in [-0.15, -0.1) is 0 Å². The van der Waals surface area contributed by atoms with Crippen molar-refractivity contribution < 1.29 is 9.59 Å². The first-order valence-electron chi connectivity index (χ1n) is 6.91. The summed E-state index contributed by atoms with van der Waals surface area (Å²) < 4.78 is 0.716. The second kappa shape index (κ2) is 7.22. The van der Waals surface area contributed by atoms with E-state index in [9.17, 15) is 9.59 Å². The van der Waals surface area contributed by atoms with Gasteiger partial charge in [0, 0.05) is 43.3 Å². The van der Waals surface area contributed by atoms with Crippen molar-refractivity contribution in [3.63, 3.8) is 0 Å². The van der Waals surface area contributed by atoms with Crippen LogP contribution < -0.4 is 0 Å². The Kier molecular flexibility index (Phi) is 5.58. The molecule has 0 unspecified atom stereocenters. The number of aromatic nitrogens is 1. The summed E-state index contributed by atoms with van der Waals surface area (Å²) in [6.07, 6.45) is 2.83. The van der Waals surface area contributed by atoms with Crippen molar-refractivity contribution in [3.05, 3.63) is 27.5 Å². The zero-order valence-corrected chi connectivity index (χ0v) is 14.2. The largest absolute Gasteiger partial charge is 0.341 e. The molecule has 114 valence electrons. The third-order valence-corrected chi connectivity index (χ3v) is 4.21. The molecule has 0 aliphatic carbocycles. The average Bonchev–Trinajstić information content (AvgIpc) is 2.74. The highest BCUT2D eigenvalue weighted by atomic mass is 79.9. The van der Waals surface area contributed by atoms with Crippen LogP contribution in [-0.4, -0.2) is 52.8 Å². The molecular weight excluding hydrogens is 358 g/mol. The van der Waals surface area contributed by atoms with Crippen molar-refractivity contribution >= 4 is 39.3 Å². The Bertz CT molecular complexity index is 553. The smallest absolute Gasteiger partial charge is 0.257 e. The second-order valence-electron chi connectivity index (χ2n) is 4.87. The third-order valence-electron chi connectivity index (χ3n) is 3.47. The SMILES string of the molecule is CCC(=O)N1CCCN(C(=O)c2cc(Br)cnc2Cl)CC1. The predicted octanol–water partition coefficient (Wildman–Crippen LogP) is 2.58. The van der Waals surface area contributed by atoms with Gasteiger partial charge < -0.3 is 9.80 Å². The van der Waals surface area contributed by atoms with Crippen LogP contribution in [0.1, 0.15) is 30.1 Å². The molecule has 0 radical (unpaired) electrons. The van der Waals surface area contributed by atoms with Crippen LogP contribution in [0, 0.1) is 0 Å². The van der Waals surface area contributed by atoms with Crippen LogP contribution in [0.2, 0.25) is 5.15 Å². The molecule has 1 fully saturated rings. The summed E-state index contributed by atoms with van der Waals surface area (Å²) in [5.41, 5.74) is 0.390. The zero-order valence-electron chi connectivity index (χ0n) is 11.8. The summed E-state index contributed by atoms with van der Waals surface area (Å²) in [5.74, 6) is -0.00829. The van der Waals surface area contributed by atoms with Gasteiger partial charge in [0.15, 0.2) is 0 Å². The molecule has 0 spiro atoms. The van der Waals surface area contributed by atoms with Gasteiger partial charge in [0.05, 0.1) is 5.56 Å². The molecule has 1 aromatic rings. The molecule has 2 heterocycles. The first-order valence-corrected chi connectivity index (χ1v) is 8.08. The number of carbonyl (C=O) groups excluding carboxylic acids is 2. The van der Waals surface area contributed by atoms with Gasteiger partial charge in [0.25, 0.3) is 5.91 Å². The van der Waals surface area contributed by atoms with E-state index in [1.54, 1.807) is 17.2 Å².